The predicted molar refractivity (Wildman–Crippen MR) is 118 cm³/mol. The molecule has 0 saturated heterocycles. The molecule has 174 valence electrons. The maximum Gasteiger partial charge on any atom is 0.417 e. The average molecular weight is 498 g/mol. The molecule has 0 bridgehead atoms. The molecule has 0 aliphatic carbocycles. The molecule has 2 aromatic carbocycles. The number of hydrogen-bond acceptors (Lipinski definition) is 4. The molecule has 11 heteroatoms. The number of rotatable bonds is 7. The van der Waals surface area contributed by atoms with E-state index in [2.05, 4.69) is 10.3 Å². The first-order valence-electron chi connectivity index (χ1n) is 9.61. The van der Waals surface area contributed by atoms with E-state index in [4.69, 9.17) is 11.6 Å². The van der Waals surface area contributed by atoms with Crippen LogP contribution in [0.2, 0.25) is 5.02 Å². The van der Waals surface area contributed by atoms with Crippen molar-refractivity contribution in [1.82, 2.24) is 10.3 Å². The Morgan fingerprint density at radius 3 is 2.39 bits per heavy atom. The van der Waals surface area contributed by atoms with Gasteiger partial charge in [-0.25, -0.2) is 8.42 Å². The second-order valence-corrected chi connectivity index (χ2v) is 9.35. The summed E-state index contributed by atoms with van der Waals surface area (Å²) < 4.78 is 67.4. The Morgan fingerprint density at radius 1 is 1.09 bits per heavy atom. The number of halogens is 4. The summed E-state index contributed by atoms with van der Waals surface area (Å²) in [5.74, 6) is -0.722. The third-order valence-electron chi connectivity index (χ3n) is 4.63. The number of benzene rings is 2. The first kappa shape index (κ1) is 24.5. The number of sulfonamides is 1. The third-order valence-corrected chi connectivity index (χ3v) is 6.75. The molecule has 3 rings (SSSR count). The van der Waals surface area contributed by atoms with Crippen LogP contribution >= 0.6 is 11.6 Å². The highest BCUT2D eigenvalue weighted by atomic mass is 35.5. The van der Waals surface area contributed by atoms with Gasteiger partial charge in [-0.15, -0.1) is 0 Å². The lowest BCUT2D eigenvalue weighted by Crippen LogP contribution is -2.40. The quantitative estimate of drug-likeness (QED) is 0.518. The number of anilines is 1. The first-order valence-corrected chi connectivity index (χ1v) is 11.4. The van der Waals surface area contributed by atoms with Gasteiger partial charge >= 0.3 is 6.18 Å². The van der Waals surface area contributed by atoms with Crippen molar-refractivity contribution >= 4 is 33.2 Å². The van der Waals surface area contributed by atoms with Crippen LogP contribution in [0.15, 0.2) is 71.8 Å². The standard InChI is InChI=1S/C22H19ClF3N3O3S/c1-15-5-8-18(9-6-15)33(31,32)29(14-21(30)28-13-16-4-2-3-11-27-16)17-7-10-20(23)19(12-17)22(24,25)26/h2-12H,13-14H2,1H3,(H,28,30). The molecule has 0 radical (unpaired) electrons. The molecular formula is C22H19ClF3N3O3S. The predicted octanol–water partition coefficient (Wildman–Crippen LogP) is 4.57. The van der Waals surface area contributed by atoms with Gasteiger partial charge in [0.25, 0.3) is 10.0 Å². The fourth-order valence-corrected chi connectivity index (χ4v) is 4.55. The summed E-state index contributed by atoms with van der Waals surface area (Å²) in [4.78, 5) is 16.5. The SMILES string of the molecule is Cc1ccc(S(=O)(=O)N(CC(=O)NCc2ccccn2)c2ccc(Cl)c(C(F)(F)F)c2)cc1. The van der Waals surface area contributed by atoms with Crippen molar-refractivity contribution in [2.24, 2.45) is 0 Å². The second-order valence-electron chi connectivity index (χ2n) is 7.08. The van der Waals surface area contributed by atoms with Crippen LogP contribution in [-0.2, 0) is 27.5 Å². The van der Waals surface area contributed by atoms with E-state index in [1.54, 1.807) is 37.3 Å². The van der Waals surface area contributed by atoms with Gasteiger partial charge in [0.2, 0.25) is 5.91 Å². The molecule has 1 amide bonds. The Balaban J connectivity index is 1.98. The summed E-state index contributed by atoms with van der Waals surface area (Å²) in [6.07, 6.45) is -3.28. The summed E-state index contributed by atoms with van der Waals surface area (Å²) in [6, 6.07) is 13.5. The molecule has 33 heavy (non-hydrogen) atoms. The van der Waals surface area contributed by atoms with Crippen LogP contribution in [0.5, 0.6) is 0 Å². The number of amides is 1. The molecule has 0 atom stereocenters. The number of nitrogens with one attached hydrogen (secondary N) is 1. The minimum absolute atomic E-state index is 0.0203. The molecule has 0 aliphatic heterocycles. The van der Waals surface area contributed by atoms with Gasteiger partial charge in [-0.05, 0) is 49.4 Å². The van der Waals surface area contributed by atoms with Gasteiger partial charge in [-0.1, -0.05) is 35.4 Å². The zero-order chi connectivity index (χ0) is 24.2. The lowest BCUT2D eigenvalue weighted by atomic mass is 10.2. The number of carbonyl (C=O) groups is 1. The van der Waals surface area contributed by atoms with E-state index in [0.29, 0.717) is 16.1 Å². The highest BCUT2D eigenvalue weighted by Gasteiger charge is 2.35. The molecule has 1 N–H and O–H groups in total. The van der Waals surface area contributed by atoms with Gasteiger partial charge in [0.05, 0.1) is 33.4 Å². The third kappa shape index (κ3) is 6.02. The molecule has 0 spiro atoms. The van der Waals surface area contributed by atoms with Gasteiger partial charge in [0, 0.05) is 6.20 Å². The van der Waals surface area contributed by atoms with E-state index in [-0.39, 0.29) is 17.1 Å². The summed E-state index contributed by atoms with van der Waals surface area (Å²) in [5.41, 5.74) is -0.232. The van der Waals surface area contributed by atoms with E-state index in [1.807, 2.05) is 0 Å². The van der Waals surface area contributed by atoms with Gasteiger partial charge in [-0.3, -0.25) is 14.1 Å². The Labute approximate surface area is 194 Å². The highest BCUT2D eigenvalue weighted by molar-refractivity contribution is 7.92. The highest BCUT2D eigenvalue weighted by Crippen LogP contribution is 2.38. The van der Waals surface area contributed by atoms with Crippen molar-refractivity contribution in [2.75, 3.05) is 10.8 Å². The number of nitrogens with zero attached hydrogens (tertiary/aromatic N) is 2. The van der Waals surface area contributed by atoms with Gasteiger partial charge < -0.3 is 5.32 Å². The van der Waals surface area contributed by atoms with Crippen molar-refractivity contribution in [2.45, 2.75) is 24.5 Å². The monoisotopic (exact) mass is 497 g/mol. The van der Waals surface area contributed by atoms with Crippen molar-refractivity contribution in [3.63, 3.8) is 0 Å². The zero-order valence-corrected chi connectivity index (χ0v) is 18.9. The fourth-order valence-electron chi connectivity index (χ4n) is 2.92. The number of hydrogen-bond donors (Lipinski definition) is 1. The average Bonchev–Trinajstić information content (AvgIpc) is 2.77. The zero-order valence-electron chi connectivity index (χ0n) is 17.3. The fraction of sp³-hybridized carbons (Fsp3) is 0.182. The van der Waals surface area contributed by atoms with Crippen LogP contribution in [0.4, 0.5) is 18.9 Å². The van der Waals surface area contributed by atoms with Crippen molar-refractivity contribution in [3.8, 4) is 0 Å². The van der Waals surface area contributed by atoms with E-state index in [0.717, 1.165) is 17.7 Å². The maximum atomic E-state index is 13.4. The Hall–Kier alpha value is -3.11. The van der Waals surface area contributed by atoms with Crippen LogP contribution in [0.3, 0.4) is 0 Å². The Morgan fingerprint density at radius 2 is 1.79 bits per heavy atom. The van der Waals surface area contributed by atoms with Crippen LogP contribution in [0.1, 0.15) is 16.8 Å². The number of pyridine rings is 1. The lowest BCUT2D eigenvalue weighted by molar-refractivity contribution is -0.137. The van der Waals surface area contributed by atoms with Crippen molar-refractivity contribution < 1.29 is 26.4 Å². The Kier molecular flexibility index (Phi) is 7.28. The lowest BCUT2D eigenvalue weighted by Gasteiger charge is -2.25. The second kappa shape index (κ2) is 9.80. The van der Waals surface area contributed by atoms with Crippen LogP contribution < -0.4 is 9.62 Å². The normalized spacial score (nSPS) is 11.8. The molecule has 0 aliphatic rings. The Bertz CT molecular complexity index is 1240. The summed E-state index contributed by atoms with van der Waals surface area (Å²) in [6.45, 7) is 1.03. The number of aryl methyl sites for hydroxylation is 1. The molecule has 0 fully saturated rings. The number of carbonyl (C=O) groups excluding carboxylic acids is 1. The molecule has 0 saturated carbocycles. The summed E-state index contributed by atoms with van der Waals surface area (Å²) >= 11 is 5.68. The van der Waals surface area contributed by atoms with E-state index < -0.39 is 39.2 Å². The maximum absolute atomic E-state index is 13.4. The van der Waals surface area contributed by atoms with Crippen molar-refractivity contribution in [1.29, 1.82) is 0 Å². The van der Waals surface area contributed by atoms with E-state index >= 15 is 0 Å². The van der Waals surface area contributed by atoms with Crippen molar-refractivity contribution in [3.05, 3.63) is 88.7 Å². The smallest absolute Gasteiger partial charge is 0.349 e. The molecular weight excluding hydrogens is 479 g/mol. The molecule has 0 unspecified atom stereocenters. The first-order chi connectivity index (χ1) is 15.5. The van der Waals surface area contributed by atoms with Crippen LogP contribution in [-0.4, -0.2) is 25.9 Å². The molecule has 1 aromatic heterocycles. The van der Waals surface area contributed by atoms with Crippen LogP contribution in [0.25, 0.3) is 0 Å². The largest absolute Gasteiger partial charge is 0.417 e. The van der Waals surface area contributed by atoms with Crippen LogP contribution in [0, 0.1) is 6.92 Å². The molecule has 1 heterocycles. The van der Waals surface area contributed by atoms with Gasteiger partial charge in [-0.2, -0.15) is 13.2 Å². The van der Waals surface area contributed by atoms with Gasteiger partial charge in [0.1, 0.15) is 6.54 Å². The number of aromatic nitrogens is 1. The minimum Gasteiger partial charge on any atom is -0.349 e. The molecule has 3 aromatic rings. The minimum atomic E-state index is -4.81. The van der Waals surface area contributed by atoms with Gasteiger partial charge in [0.15, 0.2) is 0 Å². The molecule has 6 nitrogen and oxygen atoms in total. The van der Waals surface area contributed by atoms with E-state index in [9.17, 15) is 26.4 Å². The summed E-state index contributed by atoms with van der Waals surface area (Å²) in [7, 11) is -4.38. The number of alkyl halides is 3. The topological polar surface area (TPSA) is 79.4 Å². The summed E-state index contributed by atoms with van der Waals surface area (Å²) in [5, 5.41) is 1.95. The van der Waals surface area contributed by atoms with E-state index in [1.165, 1.54) is 18.3 Å².